The van der Waals surface area contributed by atoms with Crippen LogP contribution in [0.1, 0.15) is 30.8 Å². The smallest absolute Gasteiger partial charge is 0.142 e. The van der Waals surface area contributed by atoms with Crippen molar-refractivity contribution in [3.05, 3.63) is 56.9 Å². The summed E-state index contributed by atoms with van der Waals surface area (Å²) in [5, 5.41) is 3.39. The summed E-state index contributed by atoms with van der Waals surface area (Å²) < 4.78 is 7.18. The Morgan fingerprint density at radius 1 is 1.14 bits per heavy atom. The van der Waals surface area contributed by atoms with Crippen LogP contribution in [0.2, 0.25) is 0 Å². The largest absolute Gasteiger partial charge is 0.487 e. The molecule has 0 fully saturated rings. The Balaban J connectivity index is 2.06. The molecule has 0 radical (unpaired) electrons. The Morgan fingerprint density at radius 3 is 2.52 bits per heavy atom. The van der Waals surface area contributed by atoms with E-state index in [2.05, 4.69) is 71.0 Å². The monoisotopic (exact) mass is 396 g/mol. The van der Waals surface area contributed by atoms with Gasteiger partial charge in [0.05, 0.1) is 5.69 Å². The van der Waals surface area contributed by atoms with E-state index in [-0.39, 0.29) is 0 Å². The van der Waals surface area contributed by atoms with Crippen molar-refractivity contribution in [1.29, 1.82) is 0 Å². The molecule has 21 heavy (non-hydrogen) atoms. The van der Waals surface area contributed by atoms with E-state index in [1.165, 1.54) is 9.13 Å². The fourth-order valence-corrected chi connectivity index (χ4v) is 2.26. The van der Waals surface area contributed by atoms with Crippen LogP contribution < -0.4 is 10.1 Å². The number of rotatable bonds is 6. The molecule has 2 aromatic rings. The molecule has 1 aromatic carbocycles. The molecule has 0 spiro atoms. The molecular weight excluding hydrogens is 375 g/mol. The number of nitrogens with one attached hydrogen (secondary N) is 1. The number of pyridine rings is 1. The summed E-state index contributed by atoms with van der Waals surface area (Å²) in [6.45, 7) is 7.54. The van der Waals surface area contributed by atoms with E-state index in [1.54, 1.807) is 0 Å². The first-order valence-electron chi connectivity index (χ1n) is 7.12. The zero-order chi connectivity index (χ0) is 15.2. The lowest BCUT2D eigenvalue weighted by molar-refractivity contribution is 0.299. The third kappa shape index (κ3) is 5.28. The summed E-state index contributed by atoms with van der Waals surface area (Å²) in [6.07, 6.45) is 0. The topological polar surface area (TPSA) is 34.1 Å². The first-order chi connectivity index (χ1) is 10.0. The molecule has 1 aromatic heterocycles. The summed E-state index contributed by atoms with van der Waals surface area (Å²) in [6, 6.07) is 12.8. The third-order valence-corrected chi connectivity index (χ3v) is 3.78. The Kier molecular flexibility index (Phi) is 5.99. The molecule has 0 aliphatic heterocycles. The molecule has 0 atom stereocenters. The second-order valence-corrected chi connectivity index (χ2v) is 6.59. The van der Waals surface area contributed by atoms with Crippen LogP contribution in [0.5, 0.6) is 5.75 Å². The lowest BCUT2D eigenvalue weighted by Crippen LogP contribution is -2.23. The van der Waals surface area contributed by atoms with Crippen molar-refractivity contribution < 1.29 is 4.74 Å². The first kappa shape index (κ1) is 16.2. The van der Waals surface area contributed by atoms with Crippen LogP contribution in [0.3, 0.4) is 0 Å². The average molecular weight is 396 g/mol. The Morgan fingerprint density at radius 2 is 1.86 bits per heavy atom. The standard InChI is InChI=1S/C17H21IN2O/c1-12(2)19-10-16-17(9-4-13(3)20-16)21-11-14-5-7-15(18)8-6-14/h4-9,12,19H,10-11H2,1-3H3. The number of aryl methyl sites for hydroxylation is 1. The summed E-state index contributed by atoms with van der Waals surface area (Å²) >= 11 is 2.30. The maximum Gasteiger partial charge on any atom is 0.142 e. The minimum absolute atomic E-state index is 0.427. The zero-order valence-corrected chi connectivity index (χ0v) is 14.8. The molecule has 0 unspecified atom stereocenters. The van der Waals surface area contributed by atoms with Crippen molar-refractivity contribution in [2.75, 3.05) is 0 Å². The molecule has 0 aliphatic carbocycles. The van der Waals surface area contributed by atoms with Crippen LogP contribution >= 0.6 is 22.6 Å². The van der Waals surface area contributed by atoms with E-state index in [1.807, 2.05) is 19.1 Å². The normalized spacial score (nSPS) is 10.9. The van der Waals surface area contributed by atoms with E-state index in [4.69, 9.17) is 4.74 Å². The molecule has 0 saturated carbocycles. The summed E-state index contributed by atoms with van der Waals surface area (Å²) in [5.41, 5.74) is 3.14. The maximum atomic E-state index is 5.95. The predicted molar refractivity (Wildman–Crippen MR) is 94.4 cm³/mol. The maximum absolute atomic E-state index is 5.95. The minimum Gasteiger partial charge on any atom is -0.487 e. The van der Waals surface area contributed by atoms with Gasteiger partial charge >= 0.3 is 0 Å². The van der Waals surface area contributed by atoms with Crippen molar-refractivity contribution in [1.82, 2.24) is 10.3 Å². The van der Waals surface area contributed by atoms with E-state index in [0.29, 0.717) is 12.6 Å². The second kappa shape index (κ2) is 7.75. The number of nitrogens with zero attached hydrogens (tertiary/aromatic N) is 1. The van der Waals surface area contributed by atoms with Crippen LogP contribution in [0.25, 0.3) is 0 Å². The molecule has 0 aliphatic rings. The molecule has 0 saturated heterocycles. The third-order valence-electron chi connectivity index (χ3n) is 3.06. The summed E-state index contributed by atoms with van der Waals surface area (Å²) in [4.78, 5) is 4.58. The molecule has 1 heterocycles. The molecule has 0 bridgehead atoms. The van der Waals surface area contributed by atoms with E-state index >= 15 is 0 Å². The lowest BCUT2D eigenvalue weighted by atomic mass is 10.2. The fraction of sp³-hybridized carbons (Fsp3) is 0.353. The van der Waals surface area contributed by atoms with Gasteiger partial charge in [-0.15, -0.1) is 0 Å². The number of aromatic nitrogens is 1. The summed E-state index contributed by atoms with van der Waals surface area (Å²) in [7, 11) is 0. The Bertz CT molecular complexity index is 582. The Labute approximate surface area is 140 Å². The van der Waals surface area contributed by atoms with Gasteiger partial charge < -0.3 is 10.1 Å². The Hall–Kier alpha value is -1.14. The number of ether oxygens (including phenoxy) is 1. The molecule has 1 N–H and O–H groups in total. The van der Waals surface area contributed by atoms with Gasteiger partial charge in [0.2, 0.25) is 0 Å². The molecule has 4 heteroatoms. The molecule has 3 nitrogen and oxygen atoms in total. The van der Waals surface area contributed by atoms with Crippen molar-refractivity contribution in [2.45, 2.75) is 40.0 Å². The summed E-state index contributed by atoms with van der Waals surface area (Å²) in [5.74, 6) is 0.854. The van der Waals surface area contributed by atoms with Gasteiger partial charge in [-0.1, -0.05) is 26.0 Å². The zero-order valence-electron chi connectivity index (χ0n) is 12.7. The molecule has 112 valence electrons. The van der Waals surface area contributed by atoms with Gasteiger partial charge in [-0.25, -0.2) is 0 Å². The van der Waals surface area contributed by atoms with Crippen LogP contribution in [-0.2, 0) is 13.2 Å². The van der Waals surface area contributed by atoms with Gasteiger partial charge in [0.1, 0.15) is 12.4 Å². The van der Waals surface area contributed by atoms with Crippen LogP contribution in [0, 0.1) is 10.5 Å². The van der Waals surface area contributed by atoms with E-state index < -0.39 is 0 Å². The van der Waals surface area contributed by atoms with Gasteiger partial charge in [0.25, 0.3) is 0 Å². The van der Waals surface area contributed by atoms with Crippen LogP contribution in [-0.4, -0.2) is 11.0 Å². The quantitative estimate of drug-likeness (QED) is 0.748. The van der Waals surface area contributed by atoms with Gasteiger partial charge in [0.15, 0.2) is 0 Å². The van der Waals surface area contributed by atoms with E-state index in [0.717, 1.165) is 23.7 Å². The molecular formula is C17H21IN2O. The van der Waals surface area contributed by atoms with Crippen LogP contribution in [0.4, 0.5) is 0 Å². The number of hydrogen-bond acceptors (Lipinski definition) is 3. The fourth-order valence-electron chi connectivity index (χ4n) is 1.90. The highest BCUT2D eigenvalue weighted by atomic mass is 127. The van der Waals surface area contributed by atoms with Crippen molar-refractivity contribution >= 4 is 22.6 Å². The van der Waals surface area contributed by atoms with Crippen molar-refractivity contribution in [2.24, 2.45) is 0 Å². The number of hydrogen-bond donors (Lipinski definition) is 1. The second-order valence-electron chi connectivity index (χ2n) is 5.35. The van der Waals surface area contributed by atoms with Gasteiger partial charge in [-0.05, 0) is 59.3 Å². The van der Waals surface area contributed by atoms with Crippen molar-refractivity contribution in [3.8, 4) is 5.75 Å². The van der Waals surface area contributed by atoms with Gasteiger partial charge in [-0.3, -0.25) is 4.98 Å². The highest BCUT2D eigenvalue weighted by Crippen LogP contribution is 2.19. The number of benzene rings is 1. The lowest BCUT2D eigenvalue weighted by Gasteiger charge is -2.13. The average Bonchev–Trinajstić information content (AvgIpc) is 2.45. The van der Waals surface area contributed by atoms with E-state index in [9.17, 15) is 0 Å². The van der Waals surface area contributed by atoms with Gasteiger partial charge in [-0.2, -0.15) is 0 Å². The predicted octanol–water partition coefficient (Wildman–Crippen LogP) is 4.07. The molecule has 2 rings (SSSR count). The highest BCUT2D eigenvalue weighted by molar-refractivity contribution is 14.1. The van der Waals surface area contributed by atoms with Crippen molar-refractivity contribution in [3.63, 3.8) is 0 Å². The highest BCUT2D eigenvalue weighted by Gasteiger charge is 2.07. The van der Waals surface area contributed by atoms with Gasteiger partial charge in [0, 0.05) is 21.9 Å². The van der Waals surface area contributed by atoms with Crippen LogP contribution in [0.15, 0.2) is 36.4 Å². The minimum atomic E-state index is 0.427. The molecule has 0 amide bonds. The first-order valence-corrected chi connectivity index (χ1v) is 8.19. The number of halogens is 1. The SMILES string of the molecule is Cc1ccc(OCc2ccc(I)cc2)c(CNC(C)C)n1.